The number of hydrogen-bond acceptors (Lipinski definition) is 1. The van der Waals surface area contributed by atoms with Gasteiger partial charge in [-0.15, -0.1) is 0 Å². The first kappa shape index (κ1) is 12.5. The predicted molar refractivity (Wildman–Crippen MR) is 84.4 cm³/mol. The van der Waals surface area contributed by atoms with E-state index < -0.39 is 5.97 Å². The number of fused-ring (bicyclic) bond motifs is 3. The first-order valence-electron chi connectivity index (χ1n) is 6.05. The Bertz CT molecular complexity index is 776. The normalized spacial score (nSPS) is 11.2. The van der Waals surface area contributed by atoms with Crippen LogP contribution in [0.15, 0.2) is 42.5 Å². The number of aromatic nitrogens is 1. The number of benzene rings is 2. The lowest BCUT2D eigenvalue weighted by molar-refractivity contribution is -0.137. The van der Waals surface area contributed by atoms with Crippen molar-refractivity contribution in [1.29, 1.82) is 0 Å². The van der Waals surface area contributed by atoms with Gasteiger partial charge in [0.1, 0.15) is 0 Å². The van der Waals surface area contributed by atoms with Crippen LogP contribution in [-0.4, -0.2) is 15.6 Å². The molecule has 0 aliphatic rings. The summed E-state index contributed by atoms with van der Waals surface area (Å²) in [5, 5.41) is 11.3. The lowest BCUT2D eigenvalue weighted by atomic mass is 10.2. The smallest absolute Gasteiger partial charge is 0.305 e. The summed E-state index contributed by atoms with van der Waals surface area (Å²) in [5.41, 5.74) is 2.20. The number of halogens is 1. The number of hydrogen-bond donors (Lipinski definition) is 1. The van der Waals surface area contributed by atoms with Crippen molar-refractivity contribution in [2.24, 2.45) is 0 Å². The fraction of sp³-hybridized carbons (Fsp3) is 0.133. The van der Waals surface area contributed by atoms with Gasteiger partial charge in [-0.2, -0.15) is 0 Å². The van der Waals surface area contributed by atoms with Crippen molar-refractivity contribution in [2.45, 2.75) is 13.0 Å². The van der Waals surface area contributed by atoms with Gasteiger partial charge in [-0.05, 0) is 46.9 Å². The third-order valence-corrected chi connectivity index (χ3v) is 3.95. The summed E-state index contributed by atoms with van der Waals surface area (Å²) in [5.74, 6) is -0.767. The minimum atomic E-state index is -0.767. The number of nitrogens with zero attached hydrogens (tertiary/aromatic N) is 1. The van der Waals surface area contributed by atoms with E-state index in [-0.39, 0.29) is 6.42 Å². The maximum absolute atomic E-state index is 10.8. The van der Waals surface area contributed by atoms with Crippen LogP contribution in [0.3, 0.4) is 0 Å². The van der Waals surface area contributed by atoms with E-state index in [4.69, 9.17) is 5.11 Å². The molecule has 0 saturated heterocycles. The fourth-order valence-electron chi connectivity index (χ4n) is 2.47. The minimum Gasteiger partial charge on any atom is -0.481 e. The van der Waals surface area contributed by atoms with E-state index in [0.29, 0.717) is 6.54 Å². The first-order chi connectivity index (χ1) is 9.16. The quantitative estimate of drug-likeness (QED) is 0.716. The Morgan fingerprint density at radius 3 is 2.63 bits per heavy atom. The SMILES string of the molecule is O=C(O)CCn1c2ccccc2c2cc(I)ccc21. The molecule has 0 fully saturated rings. The van der Waals surface area contributed by atoms with Crippen molar-refractivity contribution in [3.05, 3.63) is 46.0 Å². The number of carbonyl (C=O) groups is 1. The molecule has 0 aliphatic heterocycles. The lowest BCUT2D eigenvalue weighted by Crippen LogP contribution is -2.04. The Morgan fingerprint density at radius 2 is 1.84 bits per heavy atom. The maximum Gasteiger partial charge on any atom is 0.305 e. The van der Waals surface area contributed by atoms with E-state index in [1.54, 1.807) is 0 Å². The lowest BCUT2D eigenvalue weighted by Gasteiger charge is -2.05. The second-order valence-electron chi connectivity index (χ2n) is 4.47. The van der Waals surface area contributed by atoms with Gasteiger partial charge in [0.25, 0.3) is 0 Å². The molecule has 0 saturated carbocycles. The molecule has 0 radical (unpaired) electrons. The standard InChI is InChI=1S/C15H12INO2/c16-10-5-6-14-12(9-10)11-3-1-2-4-13(11)17(14)8-7-15(18)19/h1-6,9H,7-8H2,(H,18,19). The Kier molecular flexibility index (Phi) is 3.18. The summed E-state index contributed by atoms with van der Waals surface area (Å²) in [6.45, 7) is 0.500. The molecular weight excluding hydrogens is 353 g/mol. The molecule has 1 heterocycles. The molecule has 3 rings (SSSR count). The Hall–Kier alpha value is -1.56. The second-order valence-corrected chi connectivity index (χ2v) is 5.72. The van der Waals surface area contributed by atoms with Crippen molar-refractivity contribution < 1.29 is 9.90 Å². The molecule has 1 N–H and O–H groups in total. The van der Waals surface area contributed by atoms with Crippen LogP contribution >= 0.6 is 22.6 Å². The molecule has 3 aromatic rings. The third-order valence-electron chi connectivity index (χ3n) is 3.28. The Balaban J connectivity index is 2.29. The summed E-state index contributed by atoms with van der Waals surface area (Å²) < 4.78 is 3.28. The van der Waals surface area contributed by atoms with Gasteiger partial charge >= 0.3 is 5.97 Å². The number of para-hydroxylation sites is 1. The molecule has 19 heavy (non-hydrogen) atoms. The Morgan fingerprint density at radius 1 is 1.11 bits per heavy atom. The van der Waals surface area contributed by atoms with Crippen molar-refractivity contribution in [2.75, 3.05) is 0 Å². The Labute approximate surface area is 124 Å². The van der Waals surface area contributed by atoms with Gasteiger partial charge in [0, 0.05) is 31.9 Å². The minimum absolute atomic E-state index is 0.139. The van der Waals surface area contributed by atoms with Crippen molar-refractivity contribution in [1.82, 2.24) is 4.57 Å². The van der Waals surface area contributed by atoms with Gasteiger partial charge in [0.15, 0.2) is 0 Å². The summed E-state index contributed by atoms with van der Waals surface area (Å²) >= 11 is 2.30. The summed E-state index contributed by atoms with van der Waals surface area (Å²) in [7, 11) is 0. The van der Waals surface area contributed by atoms with Crippen molar-refractivity contribution in [3.63, 3.8) is 0 Å². The highest BCUT2D eigenvalue weighted by molar-refractivity contribution is 14.1. The molecule has 0 aliphatic carbocycles. The summed E-state index contributed by atoms with van der Waals surface area (Å²) in [4.78, 5) is 10.8. The van der Waals surface area contributed by atoms with Crippen LogP contribution in [0.4, 0.5) is 0 Å². The van der Waals surface area contributed by atoms with Gasteiger partial charge in [0.2, 0.25) is 0 Å². The molecule has 2 aromatic carbocycles. The molecule has 0 atom stereocenters. The van der Waals surface area contributed by atoms with Gasteiger partial charge < -0.3 is 9.67 Å². The predicted octanol–water partition coefficient (Wildman–Crippen LogP) is 3.87. The molecular formula is C15H12INO2. The molecule has 0 amide bonds. The molecule has 0 unspecified atom stereocenters. The number of carboxylic acids is 1. The monoisotopic (exact) mass is 365 g/mol. The van der Waals surface area contributed by atoms with E-state index in [9.17, 15) is 4.79 Å². The van der Waals surface area contributed by atoms with E-state index in [1.165, 1.54) is 14.3 Å². The zero-order valence-electron chi connectivity index (χ0n) is 10.1. The van der Waals surface area contributed by atoms with Gasteiger partial charge in [-0.1, -0.05) is 18.2 Å². The highest BCUT2D eigenvalue weighted by atomic mass is 127. The molecule has 0 bridgehead atoms. The van der Waals surface area contributed by atoms with Crippen LogP contribution in [0, 0.1) is 3.57 Å². The van der Waals surface area contributed by atoms with Crippen LogP contribution in [0.2, 0.25) is 0 Å². The van der Waals surface area contributed by atoms with E-state index in [2.05, 4.69) is 51.4 Å². The van der Waals surface area contributed by atoms with Gasteiger partial charge in [-0.3, -0.25) is 4.79 Å². The molecule has 1 aromatic heterocycles. The maximum atomic E-state index is 10.8. The number of rotatable bonds is 3. The zero-order valence-corrected chi connectivity index (χ0v) is 12.3. The summed E-state index contributed by atoms with van der Waals surface area (Å²) in [6.07, 6.45) is 0.139. The number of aliphatic carboxylic acids is 1. The topological polar surface area (TPSA) is 42.2 Å². The largest absolute Gasteiger partial charge is 0.481 e. The van der Waals surface area contributed by atoms with Gasteiger partial charge in [-0.25, -0.2) is 0 Å². The highest BCUT2D eigenvalue weighted by Gasteiger charge is 2.11. The van der Waals surface area contributed by atoms with Crippen LogP contribution in [-0.2, 0) is 11.3 Å². The highest BCUT2D eigenvalue weighted by Crippen LogP contribution is 2.30. The molecule has 4 heteroatoms. The second kappa shape index (κ2) is 4.85. The van der Waals surface area contributed by atoms with Crippen LogP contribution < -0.4 is 0 Å². The van der Waals surface area contributed by atoms with E-state index >= 15 is 0 Å². The van der Waals surface area contributed by atoms with E-state index in [1.807, 2.05) is 18.2 Å². The number of carboxylic acid groups (broad SMARTS) is 1. The van der Waals surface area contributed by atoms with Crippen molar-refractivity contribution >= 4 is 50.4 Å². The van der Waals surface area contributed by atoms with Crippen molar-refractivity contribution in [3.8, 4) is 0 Å². The molecule has 3 nitrogen and oxygen atoms in total. The fourth-order valence-corrected chi connectivity index (χ4v) is 2.97. The average Bonchev–Trinajstić information content (AvgIpc) is 2.70. The van der Waals surface area contributed by atoms with Gasteiger partial charge in [0.05, 0.1) is 6.42 Å². The zero-order chi connectivity index (χ0) is 13.4. The van der Waals surface area contributed by atoms with E-state index in [0.717, 1.165) is 11.0 Å². The average molecular weight is 365 g/mol. The molecule has 0 spiro atoms. The molecule has 96 valence electrons. The first-order valence-corrected chi connectivity index (χ1v) is 7.13. The van der Waals surface area contributed by atoms with Crippen LogP contribution in [0.25, 0.3) is 21.8 Å². The third kappa shape index (κ3) is 2.20. The summed E-state index contributed by atoms with van der Waals surface area (Å²) in [6, 6.07) is 14.4. The van der Waals surface area contributed by atoms with Crippen LogP contribution in [0.1, 0.15) is 6.42 Å². The van der Waals surface area contributed by atoms with Crippen LogP contribution in [0.5, 0.6) is 0 Å². The number of aryl methyl sites for hydroxylation is 1.